The summed E-state index contributed by atoms with van der Waals surface area (Å²) in [4.78, 5) is 8.32. The van der Waals surface area contributed by atoms with Crippen molar-refractivity contribution in [2.24, 2.45) is 4.99 Å². The van der Waals surface area contributed by atoms with Crippen LogP contribution in [-0.4, -0.2) is 79.7 Å². The molecule has 0 aliphatic rings. The summed E-state index contributed by atoms with van der Waals surface area (Å²) in [5.74, 6) is 0.866. The molecule has 0 saturated carbocycles. The monoisotopic (exact) mass is 277 g/mol. The van der Waals surface area contributed by atoms with Crippen molar-refractivity contribution in [3.05, 3.63) is 0 Å². The van der Waals surface area contributed by atoms with Gasteiger partial charge in [-0.2, -0.15) is 0 Å². The van der Waals surface area contributed by atoms with Crippen LogP contribution in [0.15, 0.2) is 4.99 Å². The molecule has 0 aromatic carbocycles. The first-order chi connectivity index (χ1) is 8.43. The van der Waals surface area contributed by atoms with E-state index in [-0.39, 0.29) is 5.67 Å². The highest BCUT2D eigenvalue weighted by Crippen LogP contribution is 2.20. The normalized spacial score (nSPS) is 14.6. The molecule has 0 aromatic heterocycles. The minimum atomic E-state index is -2.72. The molecule has 0 saturated heterocycles. The van der Waals surface area contributed by atoms with Gasteiger partial charge in [-0.05, 0) is 6.42 Å². The Morgan fingerprint density at radius 2 is 1.56 bits per heavy atom. The van der Waals surface area contributed by atoms with Gasteiger partial charge < -0.3 is 23.1 Å². The molecular weight excluding hydrogens is 250 g/mol. The van der Waals surface area contributed by atoms with Crippen molar-refractivity contribution in [1.29, 1.82) is 0 Å². The summed E-state index contributed by atoms with van der Waals surface area (Å²) in [6, 6.07) is 0. The quantitative estimate of drug-likeness (QED) is 0.405. The molecule has 18 heavy (non-hydrogen) atoms. The van der Waals surface area contributed by atoms with Crippen LogP contribution in [0.1, 0.15) is 13.3 Å². The third-order valence-corrected chi connectivity index (χ3v) is 6.35. The SMILES string of the molecule is CCC(N(C)/C(=N\C)N(C)C)[Si](OC)(OC)OC. The van der Waals surface area contributed by atoms with Gasteiger partial charge in [-0.25, -0.2) is 0 Å². The molecule has 0 rings (SSSR count). The fourth-order valence-electron chi connectivity index (χ4n) is 2.23. The molecule has 0 radical (unpaired) electrons. The molecule has 0 N–H and O–H groups in total. The molecule has 108 valence electrons. The zero-order valence-corrected chi connectivity index (χ0v) is 13.9. The summed E-state index contributed by atoms with van der Waals surface area (Å²) in [5.41, 5.74) is 0.0265. The van der Waals surface area contributed by atoms with Crippen LogP contribution in [0.5, 0.6) is 0 Å². The van der Waals surface area contributed by atoms with E-state index >= 15 is 0 Å². The van der Waals surface area contributed by atoms with Crippen LogP contribution >= 0.6 is 0 Å². The Morgan fingerprint density at radius 3 is 1.78 bits per heavy atom. The van der Waals surface area contributed by atoms with E-state index in [4.69, 9.17) is 13.3 Å². The van der Waals surface area contributed by atoms with E-state index in [9.17, 15) is 0 Å². The Labute approximate surface area is 112 Å². The fourth-order valence-corrected chi connectivity index (χ4v) is 4.64. The summed E-state index contributed by atoms with van der Waals surface area (Å²) in [7, 11) is 9.86. The number of hydrogen-bond acceptors (Lipinski definition) is 4. The lowest BCUT2D eigenvalue weighted by atomic mass is 10.4. The molecular formula is C11H27N3O3Si. The number of guanidine groups is 1. The molecule has 0 aromatic rings. The molecule has 0 bridgehead atoms. The first-order valence-corrected chi connectivity index (χ1v) is 7.76. The molecule has 0 amide bonds. The number of rotatable bonds is 6. The van der Waals surface area contributed by atoms with Crippen molar-refractivity contribution in [2.75, 3.05) is 49.5 Å². The van der Waals surface area contributed by atoms with Gasteiger partial charge in [0.25, 0.3) is 0 Å². The van der Waals surface area contributed by atoms with Crippen molar-refractivity contribution in [2.45, 2.75) is 19.0 Å². The van der Waals surface area contributed by atoms with E-state index in [0.29, 0.717) is 0 Å². The zero-order valence-electron chi connectivity index (χ0n) is 12.9. The van der Waals surface area contributed by atoms with E-state index in [1.54, 1.807) is 28.4 Å². The smallest absolute Gasteiger partial charge is 0.376 e. The standard InChI is InChI=1S/C11H27N3O3Si/c1-9-10(18(15-6,16-7)17-8)14(5)11(12-2)13(3)4/h10H,9H2,1-8H3/b12-11-. The van der Waals surface area contributed by atoms with Gasteiger partial charge in [-0.1, -0.05) is 6.92 Å². The van der Waals surface area contributed by atoms with Crippen molar-refractivity contribution in [3.8, 4) is 0 Å². The van der Waals surface area contributed by atoms with E-state index in [2.05, 4.69) is 16.8 Å². The molecule has 1 atom stereocenters. The second kappa shape index (κ2) is 7.73. The average molecular weight is 277 g/mol. The van der Waals surface area contributed by atoms with E-state index < -0.39 is 8.80 Å². The van der Waals surface area contributed by atoms with E-state index in [1.807, 2.05) is 26.0 Å². The van der Waals surface area contributed by atoms with Crippen molar-refractivity contribution < 1.29 is 13.3 Å². The predicted octanol–water partition coefficient (Wildman–Crippen LogP) is 0.662. The molecule has 6 nitrogen and oxygen atoms in total. The topological polar surface area (TPSA) is 46.5 Å². The molecule has 0 aliphatic carbocycles. The Kier molecular flexibility index (Phi) is 7.45. The Morgan fingerprint density at radius 1 is 1.11 bits per heavy atom. The lowest BCUT2D eigenvalue weighted by Crippen LogP contribution is -2.62. The average Bonchev–Trinajstić information content (AvgIpc) is 2.36. The summed E-state index contributed by atoms with van der Waals surface area (Å²) in [6.45, 7) is 2.09. The van der Waals surface area contributed by atoms with Gasteiger partial charge >= 0.3 is 8.80 Å². The second-order valence-electron chi connectivity index (χ2n) is 4.17. The van der Waals surface area contributed by atoms with Gasteiger partial charge in [0.05, 0.1) is 0 Å². The summed E-state index contributed by atoms with van der Waals surface area (Å²) in [5, 5.41) is 0. The highest BCUT2D eigenvalue weighted by molar-refractivity contribution is 6.62. The van der Waals surface area contributed by atoms with Crippen molar-refractivity contribution in [3.63, 3.8) is 0 Å². The van der Waals surface area contributed by atoms with Crippen LogP contribution < -0.4 is 0 Å². The largest absolute Gasteiger partial charge is 0.523 e. The summed E-state index contributed by atoms with van der Waals surface area (Å²) < 4.78 is 16.7. The third-order valence-electron chi connectivity index (χ3n) is 3.03. The minimum Gasteiger partial charge on any atom is -0.376 e. The Bertz CT molecular complexity index is 262. The maximum absolute atomic E-state index is 5.56. The van der Waals surface area contributed by atoms with Crippen LogP contribution in [0.4, 0.5) is 0 Å². The molecule has 0 fully saturated rings. The molecule has 0 spiro atoms. The maximum Gasteiger partial charge on any atom is 0.523 e. The first-order valence-electron chi connectivity index (χ1n) is 5.96. The fraction of sp³-hybridized carbons (Fsp3) is 0.909. The van der Waals surface area contributed by atoms with Gasteiger partial charge in [-0.15, -0.1) is 0 Å². The predicted molar refractivity (Wildman–Crippen MR) is 75.7 cm³/mol. The Balaban J connectivity index is 5.29. The second-order valence-corrected chi connectivity index (χ2v) is 7.27. The molecule has 1 unspecified atom stereocenters. The van der Waals surface area contributed by atoms with Gasteiger partial charge in [-0.3, -0.25) is 4.99 Å². The van der Waals surface area contributed by atoms with Crippen LogP contribution in [0.2, 0.25) is 0 Å². The maximum atomic E-state index is 5.56. The Hall–Kier alpha value is -0.633. The van der Waals surface area contributed by atoms with Crippen LogP contribution in [0.3, 0.4) is 0 Å². The summed E-state index contributed by atoms with van der Waals surface area (Å²) >= 11 is 0. The minimum absolute atomic E-state index is 0.0265. The van der Waals surface area contributed by atoms with Gasteiger partial charge in [0.15, 0.2) is 5.96 Å². The van der Waals surface area contributed by atoms with Crippen molar-refractivity contribution in [1.82, 2.24) is 9.80 Å². The first kappa shape index (κ1) is 17.4. The number of hydrogen-bond donors (Lipinski definition) is 0. The van der Waals surface area contributed by atoms with Crippen LogP contribution in [-0.2, 0) is 13.3 Å². The third kappa shape index (κ3) is 3.44. The highest BCUT2D eigenvalue weighted by Gasteiger charge is 2.49. The summed E-state index contributed by atoms with van der Waals surface area (Å²) in [6.07, 6.45) is 0.852. The lowest BCUT2D eigenvalue weighted by molar-refractivity contribution is 0.0920. The highest BCUT2D eigenvalue weighted by atomic mass is 28.4. The van der Waals surface area contributed by atoms with E-state index in [0.717, 1.165) is 12.4 Å². The van der Waals surface area contributed by atoms with Gasteiger partial charge in [0.2, 0.25) is 0 Å². The molecule has 0 aliphatic heterocycles. The lowest BCUT2D eigenvalue weighted by Gasteiger charge is -2.40. The molecule has 7 heteroatoms. The van der Waals surface area contributed by atoms with Crippen LogP contribution in [0, 0.1) is 0 Å². The van der Waals surface area contributed by atoms with Gasteiger partial charge in [0, 0.05) is 49.5 Å². The van der Waals surface area contributed by atoms with E-state index in [1.165, 1.54) is 0 Å². The van der Waals surface area contributed by atoms with Gasteiger partial charge in [0.1, 0.15) is 5.67 Å². The number of aliphatic imine (C=N–C) groups is 1. The van der Waals surface area contributed by atoms with Crippen LogP contribution in [0.25, 0.3) is 0 Å². The number of nitrogens with zero attached hydrogens (tertiary/aromatic N) is 3. The zero-order chi connectivity index (χ0) is 14.3. The van der Waals surface area contributed by atoms with Crippen molar-refractivity contribution >= 4 is 14.8 Å². The molecule has 0 heterocycles.